The second-order valence-corrected chi connectivity index (χ2v) is 7.91. The van der Waals surface area contributed by atoms with Gasteiger partial charge in [0.05, 0.1) is 9.79 Å². The highest BCUT2D eigenvalue weighted by atomic mass is 32.2. The smallest absolute Gasteiger partial charge is 0.200 e. The molecule has 0 unspecified atom stereocenters. The standard InChI is InChI=1S/C22H5F11OS/c23-10-7(5-1-3-6(34)4-2-5)8-9(12(25)14(27)13(26)11(8)24)21(18(10)31)35-22-19(32)16(29)15(28)17(30)20(22)33/h1-4,34H. The van der Waals surface area contributed by atoms with Gasteiger partial charge in [-0.15, -0.1) is 0 Å². The molecule has 0 saturated carbocycles. The first-order valence-electron chi connectivity index (χ1n) is 9.03. The number of hydrogen-bond acceptors (Lipinski definition) is 2. The molecule has 1 N–H and O–H groups in total. The minimum Gasteiger partial charge on any atom is -0.508 e. The van der Waals surface area contributed by atoms with Crippen LogP contribution in [0.2, 0.25) is 0 Å². The van der Waals surface area contributed by atoms with E-state index in [0.29, 0.717) is 0 Å². The second kappa shape index (κ2) is 8.63. The Morgan fingerprint density at radius 2 is 0.829 bits per heavy atom. The van der Waals surface area contributed by atoms with Crippen LogP contribution in [0.25, 0.3) is 21.9 Å². The van der Waals surface area contributed by atoms with Gasteiger partial charge in [0, 0.05) is 16.3 Å². The maximum Gasteiger partial charge on any atom is 0.200 e. The van der Waals surface area contributed by atoms with Crippen molar-refractivity contribution >= 4 is 22.5 Å². The first-order chi connectivity index (χ1) is 16.4. The molecular weight excluding hydrogens is 521 g/mol. The summed E-state index contributed by atoms with van der Waals surface area (Å²) < 4.78 is 157. The van der Waals surface area contributed by atoms with Crippen molar-refractivity contribution in [3.8, 4) is 16.9 Å². The van der Waals surface area contributed by atoms with E-state index in [2.05, 4.69) is 0 Å². The predicted molar refractivity (Wildman–Crippen MR) is 101 cm³/mol. The monoisotopic (exact) mass is 526 g/mol. The van der Waals surface area contributed by atoms with Crippen molar-refractivity contribution in [1.29, 1.82) is 0 Å². The Balaban J connectivity index is 2.17. The molecule has 0 saturated heterocycles. The largest absolute Gasteiger partial charge is 0.508 e. The maximum atomic E-state index is 15.1. The number of rotatable bonds is 3. The molecule has 182 valence electrons. The summed E-state index contributed by atoms with van der Waals surface area (Å²) in [6, 6.07) is 3.57. The molecule has 4 aromatic rings. The molecule has 0 atom stereocenters. The molecule has 4 rings (SSSR count). The molecule has 0 aromatic heterocycles. The van der Waals surface area contributed by atoms with E-state index in [1.54, 1.807) is 0 Å². The molecule has 0 spiro atoms. The van der Waals surface area contributed by atoms with Gasteiger partial charge in [-0.05, 0) is 17.7 Å². The summed E-state index contributed by atoms with van der Waals surface area (Å²) in [6.07, 6.45) is 0. The van der Waals surface area contributed by atoms with Gasteiger partial charge in [-0.1, -0.05) is 23.9 Å². The first kappa shape index (κ1) is 24.6. The summed E-state index contributed by atoms with van der Waals surface area (Å²) in [5.41, 5.74) is -1.64. The van der Waals surface area contributed by atoms with E-state index in [-0.39, 0.29) is 0 Å². The zero-order valence-corrected chi connectivity index (χ0v) is 17.1. The van der Waals surface area contributed by atoms with Crippen molar-refractivity contribution in [2.24, 2.45) is 0 Å². The molecule has 0 aliphatic rings. The van der Waals surface area contributed by atoms with Gasteiger partial charge in [0.1, 0.15) is 5.75 Å². The average Bonchev–Trinajstić information content (AvgIpc) is 2.84. The van der Waals surface area contributed by atoms with Crippen LogP contribution in [0.5, 0.6) is 5.75 Å². The van der Waals surface area contributed by atoms with Crippen molar-refractivity contribution in [3.63, 3.8) is 0 Å². The van der Waals surface area contributed by atoms with Crippen LogP contribution in [-0.4, -0.2) is 5.11 Å². The average molecular weight is 526 g/mol. The van der Waals surface area contributed by atoms with Crippen LogP contribution in [0.1, 0.15) is 0 Å². The van der Waals surface area contributed by atoms with E-state index < -0.39 is 113 Å². The number of aromatic hydroxyl groups is 1. The lowest BCUT2D eigenvalue weighted by Crippen LogP contribution is -2.07. The van der Waals surface area contributed by atoms with E-state index in [0.717, 1.165) is 24.3 Å². The van der Waals surface area contributed by atoms with Crippen LogP contribution in [0.3, 0.4) is 0 Å². The number of phenolic OH excluding ortho intramolecular Hbond substituents is 1. The van der Waals surface area contributed by atoms with Gasteiger partial charge in [0.15, 0.2) is 58.2 Å². The number of fused-ring (bicyclic) bond motifs is 1. The lowest BCUT2D eigenvalue weighted by atomic mass is 9.96. The fraction of sp³-hybridized carbons (Fsp3) is 0. The molecule has 35 heavy (non-hydrogen) atoms. The predicted octanol–water partition coefficient (Wildman–Crippen LogP) is 7.89. The lowest BCUT2D eigenvalue weighted by molar-refractivity contribution is 0.360. The van der Waals surface area contributed by atoms with Crippen molar-refractivity contribution in [2.45, 2.75) is 9.79 Å². The summed E-state index contributed by atoms with van der Waals surface area (Å²) in [5.74, 6) is -26.8. The molecule has 0 aliphatic heterocycles. The van der Waals surface area contributed by atoms with Gasteiger partial charge in [-0.3, -0.25) is 0 Å². The van der Waals surface area contributed by atoms with Crippen LogP contribution < -0.4 is 0 Å². The SMILES string of the molecule is Oc1ccc(-c2c(F)c(F)c(Sc3c(F)c(F)c(F)c(F)c3F)c3c(F)c(F)c(F)c(F)c23)cc1. The van der Waals surface area contributed by atoms with Crippen LogP contribution in [0.15, 0.2) is 34.1 Å². The normalized spacial score (nSPS) is 11.5. The number of hydrogen-bond donors (Lipinski definition) is 1. The quantitative estimate of drug-likeness (QED) is 0.167. The van der Waals surface area contributed by atoms with Gasteiger partial charge in [-0.2, -0.15) is 0 Å². The van der Waals surface area contributed by atoms with E-state index >= 15 is 8.78 Å². The van der Waals surface area contributed by atoms with Crippen molar-refractivity contribution in [1.82, 2.24) is 0 Å². The maximum absolute atomic E-state index is 15.1. The van der Waals surface area contributed by atoms with Gasteiger partial charge in [0.25, 0.3) is 0 Å². The minimum atomic E-state index is -2.59. The highest BCUT2D eigenvalue weighted by Crippen LogP contribution is 2.47. The molecule has 1 nitrogen and oxygen atoms in total. The van der Waals surface area contributed by atoms with Crippen LogP contribution >= 0.6 is 11.8 Å². The molecule has 0 heterocycles. The topological polar surface area (TPSA) is 20.2 Å². The third-order valence-electron chi connectivity index (χ3n) is 4.89. The van der Waals surface area contributed by atoms with E-state index in [9.17, 15) is 44.6 Å². The molecule has 0 amide bonds. The molecule has 13 heteroatoms. The Kier molecular flexibility index (Phi) is 6.07. The minimum absolute atomic E-state index is 0.402. The third-order valence-corrected chi connectivity index (χ3v) is 6.04. The molecule has 0 bridgehead atoms. The Morgan fingerprint density at radius 1 is 0.429 bits per heavy atom. The fourth-order valence-corrected chi connectivity index (χ4v) is 4.32. The Morgan fingerprint density at radius 3 is 1.34 bits per heavy atom. The van der Waals surface area contributed by atoms with E-state index in [1.807, 2.05) is 0 Å². The Hall–Kier alpha value is -3.48. The van der Waals surface area contributed by atoms with Crippen LogP contribution in [0.4, 0.5) is 48.3 Å². The molecule has 0 radical (unpaired) electrons. The van der Waals surface area contributed by atoms with E-state index in [1.165, 1.54) is 0 Å². The molecular formula is C22H5F11OS. The number of phenols is 1. The molecule has 0 aliphatic carbocycles. The van der Waals surface area contributed by atoms with E-state index in [4.69, 9.17) is 0 Å². The van der Waals surface area contributed by atoms with Crippen molar-refractivity contribution < 1.29 is 53.4 Å². The van der Waals surface area contributed by atoms with Crippen LogP contribution in [0, 0.1) is 64.0 Å². The Bertz CT molecular complexity index is 1510. The summed E-state index contributed by atoms with van der Waals surface area (Å²) >= 11 is -0.756. The zero-order valence-electron chi connectivity index (χ0n) is 16.3. The van der Waals surface area contributed by atoms with Crippen molar-refractivity contribution in [3.05, 3.63) is 88.3 Å². The van der Waals surface area contributed by atoms with Crippen molar-refractivity contribution in [2.75, 3.05) is 0 Å². The first-order valence-corrected chi connectivity index (χ1v) is 9.85. The van der Waals surface area contributed by atoms with Crippen LogP contribution in [-0.2, 0) is 0 Å². The fourth-order valence-electron chi connectivity index (χ4n) is 3.28. The van der Waals surface area contributed by atoms with Gasteiger partial charge < -0.3 is 5.11 Å². The lowest BCUT2D eigenvalue weighted by Gasteiger charge is -2.17. The zero-order chi connectivity index (χ0) is 25.9. The summed E-state index contributed by atoms with van der Waals surface area (Å²) in [4.78, 5) is -3.47. The number of halogens is 11. The Labute approximate surface area is 191 Å². The highest BCUT2D eigenvalue weighted by molar-refractivity contribution is 7.99. The molecule has 4 aromatic carbocycles. The van der Waals surface area contributed by atoms with Gasteiger partial charge in [0.2, 0.25) is 5.82 Å². The molecule has 0 fully saturated rings. The highest BCUT2D eigenvalue weighted by Gasteiger charge is 2.33. The third kappa shape index (κ3) is 3.65. The summed E-state index contributed by atoms with van der Waals surface area (Å²) in [6.45, 7) is 0. The summed E-state index contributed by atoms with van der Waals surface area (Å²) in [5, 5.41) is 6.37. The van der Waals surface area contributed by atoms with Gasteiger partial charge in [-0.25, -0.2) is 48.3 Å². The van der Waals surface area contributed by atoms with Gasteiger partial charge >= 0.3 is 0 Å². The second-order valence-electron chi connectivity index (χ2n) is 6.89. The number of benzene rings is 4. The summed E-state index contributed by atoms with van der Waals surface area (Å²) in [7, 11) is 0.